The Balaban J connectivity index is 1.96. The third-order valence-corrected chi connectivity index (χ3v) is 5.77. The summed E-state index contributed by atoms with van der Waals surface area (Å²) in [6.45, 7) is -0.330. The number of amides is 1. The fourth-order valence-corrected chi connectivity index (χ4v) is 3.94. The molecule has 0 aromatic heterocycles. The molecule has 1 aliphatic heterocycles. The average Bonchev–Trinajstić information content (AvgIpc) is 2.69. The van der Waals surface area contributed by atoms with E-state index in [1.165, 1.54) is 23.1 Å². The molecule has 1 aliphatic rings. The SMILES string of the molecule is COc1c(N2CCC(F)(F)CC2C(=O)Nc2cccc(S(N)(=O)=O)c2)ccc(F)c1F. The minimum atomic E-state index is -4.05. The van der Waals surface area contributed by atoms with Gasteiger partial charge in [-0.2, -0.15) is 4.39 Å². The Hall–Kier alpha value is -2.86. The molecule has 3 N–H and O–H groups in total. The first-order valence-corrected chi connectivity index (χ1v) is 10.6. The summed E-state index contributed by atoms with van der Waals surface area (Å²) < 4.78 is 83.9. The standard InChI is InChI=1S/C19H19F4N3O4S/c1-30-17-14(6-5-13(20)16(17)21)26-8-7-19(22,23)10-15(26)18(27)25-11-3-2-4-12(9-11)31(24,28)29/h2-6,9,15H,7-8,10H2,1H3,(H,25,27)(H2,24,28,29). The molecular weight excluding hydrogens is 442 g/mol. The van der Waals surface area contributed by atoms with E-state index >= 15 is 0 Å². The minimum absolute atomic E-state index is 0.0163. The highest BCUT2D eigenvalue weighted by Gasteiger charge is 2.44. The number of carbonyl (C=O) groups is 1. The molecule has 0 saturated carbocycles. The number of sulfonamides is 1. The Morgan fingerprint density at radius 1 is 1.26 bits per heavy atom. The summed E-state index contributed by atoms with van der Waals surface area (Å²) in [5.74, 6) is -7.08. The molecule has 12 heteroatoms. The number of anilines is 2. The van der Waals surface area contributed by atoms with Gasteiger partial charge in [-0.25, -0.2) is 26.7 Å². The summed E-state index contributed by atoms with van der Waals surface area (Å²) >= 11 is 0. The van der Waals surface area contributed by atoms with Crippen LogP contribution in [-0.2, 0) is 14.8 Å². The molecular formula is C19H19F4N3O4S. The van der Waals surface area contributed by atoms with Crippen molar-refractivity contribution in [3.05, 3.63) is 48.0 Å². The number of carbonyl (C=O) groups excluding carboxylic acids is 1. The van der Waals surface area contributed by atoms with Crippen LogP contribution >= 0.6 is 0 Å². The lowest BCUT2D eigenvalue weighted by atomic mass is 9.96. The number of hydrogen-bond donors (Lipinski definition) is 2. The lowest BCUT2D eigenvalue weighted by molar-refractivity contribution is -0.121. The van der Waals surface area contributed by atoms with Gasteiger partial charge in [0.15, 0.2) is 11.6 Å². The largest absolute Gasteiger partial charge is 0.491 e. The molecule has 0 aliphatic carbocycles. The molecule has 1 heterocycles. The molecule has 168 valence electrons. The van der Waals surface area contributed by atoms with Crippen molar-refractivity contribution in [1.82, 2.24) is 0 Å². The van der Waals surface area contributed by atoms with Crippen LogP contribution < -0.4 is 20.1 Å². The number of nitrogens with one attached hydrogen (secondary N) is 1. The van der Waals surface area contributed by atoms with Gasteiger partial charge < -0.3 is 15.0 Å². The third kappa shape index (κ3) is 4.90. The highest BCUT2D eigenvalue weighted by Crippen LogP contribution is 2.40. The third-order valence-electron chi connectivity index (χ3n) is 4.86. The molecule has 0 bridgehead atoms. The summed E-state index contributed by atoms with van der Waals surface area (Å²) in [5.41, 5.74) is -0.0436. The molecule has 1 saturated heterocycles. The van der Waals surface area contributed by atoms with Crippen LogP contribution in [0, 0.1) is 11.6 Å². The first-order valence-electron chi connectivity index (χ1n) is 9.03. The predicted molar refractivity (Wildman–Crippen MR) is 105 cm³/mol. The van der Waals surface area contributed by atoms with Crippen molar-refractivity contribution in [3.8, 4) is 5.75 Å². The number of alkyl halides is 2. The molecule has 0 spiro atoms. The number of nitrogens with two attached hydrogens (primary N) is 1. The number of rotatable bonds is 5. The Morgan fingerprint density at radius 2 is 1.97 bits per heavy atom. The first kappa shape index (κ1) is 22.8. The molecule has 2 aromatic rings. The number of primary sulfonamides is 1. The molecule has 1 atom stereocenters. The van der Waals surface area contributed by atoms with E-state index in [1.807, 2.05) is 0 Å². The summed E-state index contributed by atoms with van der Waals surface area (Å²) in [5, 5.41) is 7.45. The molecule has 0 radical (unpaired) electrons. The van der Waals surface area contributed by atoms with Crippen LogP contribution in [0.3, 0.4) is 0 Å². The van der Waals surface area contributed by atoms with Crippen LogP contribution in [0.2, 0.25) is 0 Å². The van der Waals surface area contributed by atoms with E-state index in [0.29, 0.717) is 0 Å². The summed E-state index contributed by atoms with van der Waals surface area (Å²) in [7, 11) is -2.96. The number of nitrogens with zero attached hydrogens (tertiary/aromatic N) is 1. The van der Waals surface area contributed by atoms with E-state index in [9.17, 15) is 30.8 Å². The number of halogens is 4. The zero-order valence-corrected chi connectivity index (χ0v) is 17.1. The maximum atomic E-state index is 14.2. The van der Waals surface area contributed by atoms with Gasteiger partial charge in [0.25, 0.3) is 5.92 Å². The summed E-state index contributed by atoms with van der Waals surface area (Å²) in [6.07, 6.45) is -1.50. The van der Waals surface area contributed by atoms with Gasteiger partial charge in [0.1, 0.15) is 6.04 Å². The molecule has 3 rings (SSSR count). The van der Waals surface area contributed by atoms with E-state index in [0.717, 1.165) is 25.3 Å². The van der Waals surface area contributed by atoms with Gasteiger partial charge in [-0.3, -0.25) is 4.79 Å². The normalized spacial score (nSPS) is 18.5. The van der Waals surface area contributed by atoms with Crippen molar-refractivity contribution in [1.29, 1.82) is 0 Å². The van der Waals surface area contributed by atoms with Crippen LogP contribution in [0.5, 0.6) is 5.75 Å². The van der Waals surface area contributed by atoms with Crippen molar-refractivity contribution >= 4 is 27.3 Å². The van der Waals surface area contributed by atoms with Crippen LogP contribution in [0.25, 0.3) is 0 Å². The Bertz CT molecular complexity index is 1110. The zero-order valence-electron chi connectivity index (χ0n) is 16.2. The molecule has 1 unspecified atom stereocenters. The van der Waals surface area contributed by atoms with Gasteiger partial charge in [-0.15, -0.1) is 0 Å². The second-order valence-electron chi connectivity index (χ2n) is 7.00. The van der Waals surface area contributed by atoms with Crippen LogP contribution in [0.4, 0.5) is 28.9 Å². The van der Waals surface area contributed by atoms with Gasteiger partial charge in [0.05, 0.1) is 17.7 Å². The van der Waals surface area contributed by atoms with E-state index in [4.69, 9.17) is 9.88 Å². The summed E-state index contributed by atoms with van der Waals surface area (Å²) in [4.78, 5) is 13.8. The van der Waals surface area contributed by atoms with E-state index < -0.39 is 58.1 Å². The van der Waals surface area contributed by atoms with E-state index in [2.05, 4.69) is 5.32 Å². The number of piperidine rings is 1. The molecule has 31 heavy (non-hydrogen) atoms. The highest BCUT2D eigenvalue weighted by molar-refractivity contribution is 7.89. The molecule has 1 fully saturated rings. The average molecular weight is 461 g/mol. The fraction of sp³-hybridized carbons (Fsp3) is 0.316. The van der Waals surface area contributed by atoms with Crippen LogP contribution in [-0.4, -0.2) is 39.9 Å². The zero-order chi connectivity index (χ0) is 23.0. The monoisotopic (exact) mass is 461 g/mol. The number of ether oxygens (including phenoxy) is 1. The topological polar surface area (TPSA) is 102 Å². The van der Waals surface area contributed by atoms with Crippen LogP contribution in [0.1, 0.15) is 12.8 Å². The number of benzene rings is 2. The summed E-state index contributed by atoms with van der Waals surface area (Å²) in [6, 6.07) is 5.44. The first-order chi connectivity index (χ1) is 14.4. The number of methoxy groups -OCH3 is 1. The van der Waals surface area contributed by atoms with Gasteiger partial charge in [-0.1, -0.05) is 6.07 Å². The Morgan fingerprint density at radius 3 is 2.61 bits per heavy atom. The highest BCUT2D eigenvalue weighted by atomic mass is 32.2. The predicted octanol–water partition coefficient (Wildman–Crippen LogP) is 2.86. The van der Waals surface area contributed by atoms with Crippen molar-refractivity contribution in [2.75, 3.05) is 23.9 Å². The molecule has 2 aromatic carbocycles. The van der Waals surface area contributed by atoms with Gasteiger partial charge in [0.2, 0.25) is 21.7 Å². The van der Waals surface area contributed by atoms with Crippen molar-refractivity contribution in [2.45, 2.75) is 29.7 Å². The second-order valence-corrected chi connectivity index (χ2v) is 8.56. The lowest BCUT2D eigenvalue weighted by Gasteiger charge is -2.40. The Labute approximate surface area is 175 Å². The second kappa shape index (κ2) is 8.35. The maximum Gasteiger partial charge on any atom is 0.252 e. The fourth-order valence-electron chi connectivity index (χ4n) is 3.38. The maximum absolute atomic E-state index is 14.2. The van der Waals surface area contributed by atoms with Gasteiger partial charge in [0, 0.05) is 25.1 Å². The Kier molecular flexibility index (Phi) is 6.14. The van der Waals surface area contributed by atoms with Gasteiger partial charge in [-0.05, 0) is 30.3 Å². The smallest absolute Gasteiger partial charge is 0.252 e. The van der Waals surface area contributed by atoms with Crippen molar-refractivity contribution in [3.63, 3.8) is 0 Å². The van der Waals surface area contributed by atoms with Crippen molar-refractivity contribution in [2.24, 2.45) is 5.14 Å². The minimum Gasteiger partial charge on any atom is -0.491 e. The van der Waals surface area contributed by atoms with E-state index in [1.54, 1.807) is 0 Å². The van der Waals surface area contributed by atoms with E-state index in [-0.39, 0.29) is 22.8 Å². The molecule has 7 nitrogen and oxygen atoms in total. The number of hydrogen-bond acceptors (Lipinski definition) is 5. The van der Waals surface area contributed by atoms with Gasteiger partial charge >= 0.3 is 0 Å². The van der Waals surface area contributed by atoms with Crippen LogP contribution in [0.15, 0.2) is 41.3 Å². The quantitative estimate of drug-likeness (QED) is 0.667. The lowest BCUT2D eigenvalue weighted by Crippen LogP contribution is -2.53. The molecule has 1 amide bonds. The van der Waals surface area contributed by atoms with Crippen molar-refractivity contribution < 1.29 is 35.5 Å².